The smallest absolute Gasteiger partial charge is 0.306 e. The van der Waals surface area contributed by atoms with Crippen LogP contribution in [-0.2, 0) is 9.53 Å². The number of carbonyl (C=O) groups excluding carboxylic acids is 1. The maximum Gasteiger partial charge on any atom is 0.306 e. The van der Waals surface area contributed by atoms with Gasteiger partial charge in [-0.2, -0.15) is 0 Å². The maximum absolute atomic E-state index is 12.7. The predicted molar refractivity (Wildman–Crippen MR) is 180 cm³/mol. The standard InChI is InChI=1S/C40H70O2/c1-5-7-9-11-13-14-15-16-18-20-22-38(41)42-34-27-29-40(4)33(31-34)23-25-35-36-26-24-32(21-19-17-12-10-8-6-2)39(36,3)30-28-37(35)40/h23,32,34-37H,5-22,24-31H2,1-4H3/t32-,34-,35-,36-,37-,39+,40-/m0/s1. The molecule has 0 radical (unpaired) electrons. The molecule has 3 saturated carbocycles. The molecule has 0 heterocycles. The number of rotatable bonds is 19. The highest BCUT2D eigenvalue weighted by Gasteiger charge is 2.58. The first kappa shape index (κ1) is 34.1. The zero-order valence-corrected chi connectivity index (χ0v) is 28.7. The van der Waals surface area contributed by atoms with E-state index < -0.39 is 0 Å². The average molecular weight is 583 g/mol. The van der Waals surface area contributed by atoms with Crippen molar-refractivity contribution in [2.75, 3.05) is 0 Å². The van der Waals surface area contributed by atoms with E-state index in [4.69, 9.17) is 4.74 Å². The van der Waals surface area contributed by atoms with Gasteiger partial charge in [-0.15, -0.1) is 0 Å². The molecule has 4 aliphatic carbocycles. The summed E-state index contributed by atoms with van der Waals surface area (Å²) in [6.45, 7) is 9.91. The molecule has 0 N–H and O–H groups in total. The van der Waals surface area contributed by atoms with Crippen LogP contribution in [0.15, 0.2) is 11.6 Å². The molecule has 4 aliphatic rings. The second kappa shape index (κ2) is 17.1. The lowest BCUT2D eigenvalue weighted by Crippen LogP contribution is -2.50. The van der Waals surface area contributed by atoms with Crippen molar-refractivity contribution in [3.05, 3.63) is 11.6 Å². The van der Waals surface area contributed by atoms with Crippen molar-refractivity contribution in [1.82, 2.24) is 0 Å². The monoisotopic (exact) mass is 583 g/mol. The molecule has 0 amide bonds. The summed E-state index contributed by atoms with van der Waals surface area (Å²) in [5, 5.41) is 0. The van der Waals surface area contributed by atoms with Gasteiger partial charge in [-0.3, -0.25) is 4.79 Å². The summed E-state index contributed by atoms with van der Waals surface area (Å²) in [5.74, 6) is 3.72. The van der Waals surface area contributed by atoms with Gasteiger partial charge in [-0.25, -0.2) is 0 Å². The van der Waals surface area contributed by atoms with Gasteiger partial charge < -0.3 is 4.74 Å². The Morgan fingerprint density at radius 1 is 0.738 bits per heavy atom. The number of fused-ring (bicyclic) bond motifs is 5. The fourth-order valence-electron chi connectivity index (χ4n) is 10.5. The highest BCUT2D eigenvalue weighted by molar-refractivity contribution is 5.69. The molecule has 0 aromatic carbocycles. The lowest BCUT2D eigenvalue weighted by atomic mass is 9.47. The van der Waals surface area contributed by atoms with Crippen LogP contribution >= 0.6 is 0 Å². The molecule has 0 aromatic heterocycles. The highest BCUT2D eigenvalue weighted by Crippen LogP contribution is 2.66. The van der Waals surface area contributed by atoms with Crippen LogP contribution in [0.25, 0.3) is 0 Å². The number of carbonyl (C=O) groups is 1. The molecule has 0 aromatic rings. The van der Waals surface area contributed by atoms with Crippen molar-refractivity contribution in [2.45, 2.75) is 201 Å². The summed E-state index contributed by atoms with van der Waals surface area (Å²) < 4.78 is 6.09. The first-order valence-corrected chi connectivity index (χ1v) is 19.3. The van der Waals surface area contributed by atoms with Gasteiger partial charge in [0.2, 0.25) is 0 Å². The van der Waals surface area contributed by atoms with E-state index in [0.717, 1.165) is 42.9 Å². The Morgan fingerprint density at radius 3 is 2.02 bits per heavy atom. The van der Waals surface area contributed by atoms with E-state index in [-0.39, 0.29) is 12.1 Å². The molecule has 0 saturated heterocycles. The number of allylic oxidation sites excluding steroid dienone is 1. The van der Waals surface area contributed by atoms with Crippen LogP contribution in [-0.4, -0.2) is 12.1 Å². The molecule has 0 bridgehead atoms. The summed E-state index contributed by atoms with van der Waals surface area (Å²) in [5.41, 5.74) is 2.59. The lowest BCUT2D eigenvalue weighted by molar-refractivity contribution is -0.151. The fourth-order valence-corrected chi connectivity index (χ4v) is 10.5. The quantitative estimate of drug-likeness (QED) is 0.0860. The van der Waals surface area contributed by atoms with Crippen molar-refractivity contribution in [2.24, 2.45) is 34.5 Å². The Hall–Kier alpha value is -0.790. The van der Waals surface area contributed by atoms with Gasteiger partial charge in [0.05, 0.1) is 0 Å². The summed E-state index contributed by atoms with van der Waals surface area (Å²) in [6.07, 6.45) is 37.0. The molecule has 0 aliphatic heterocycles. The molecule has 2 heteroatoms. The molecule has 7 atom stereocenters. The minimum Gasteiger partial charge on any atom is -0.462 e. The number of hydrogen-bond acceptors (Lipinski definition) is 2. The third-order valence-corrected chi connectivity index (χ3v) is 13.2. The molecule has 42 heavy (non-hydrogen) atoms. The van der Waals surface area contributed by atoms with Gasteiger partial charge in [0, 0.05) is 12.8 Å². The molecule has 0 spiro atoms. The second-order valence-electron chi connectivity index (χ2n) is 15.9. The average Bonchev–Trinajstić information content (AvgIpc) is 3.32. The van der Waals surface area contributed by atoms with E-state index in [0.29, 0.717) is 17.3 Å². The van der Waals surface area contributed by atoms with Gasteiger partial charge in [-0.1, -0.05) is 136 Å². The van der Waals surface area contributed by atoms with Crippen molar-refractivity contribution >= 4 is 5.97 Å². The Balaban J connectivity index is 1.18. The lowest BCUT2D eigenvalue weighted by Gasteiger charge is -2.58. The third-order valence-electron chi connectivity index (χ3n) is 13.2. The summed E-state index contributed by atoms with van der Waals surface area (Å²) in [7, 11) is 0. The first-order valence-electron chi connectivity index (χ1n) is 19.3. The van der Waals surface area contributed by atoms with E-state index >= 15 is 0 Å². The Bertz CT molecular complexity index is 829. The molecule has 4 rings (SSSR count). The number of unbranched alkanes of at least 4 members (excludes halogenated alkanes) is 14. The second-order valence-corrected chi connectivity index (χ2v) is 15.9. The zero-order valence-electron chi connectivity index (χ0n) is 28.7. The maximum atomic E-state index is 12.7. The fraction of sp³-hybridized carbons (Fsp3) is 0.925. The first-order chi connectivity index (χ1) is 20.4. The third kappa shape index (κ3) is 8.68. The van der Waals surface area contributed by atoms with Crippen molar-refractivity contribution in [3.63, 3.8) is 0 Å². The van der Waals surface area contributed by atoms with E-state index in [1.54, 1.807) is 5.57 Å². The van der Waals surface area contributed by atoms with Crippen LogP contribution in [0.2, 0.25) is 0 Å². The minimum atomic E-state index is 0.0632. The summed E-state index contributed by atoms with van der Waals surface area (Å²) in [6, 6.07) is 0. The van der Waals surface area contributed by atoms with Gasteiger partial charge >= 0.3 is 5.97 Å². The number of ether oxygens (including phenoxy) is 1. The van der Waals surface area contributed by atoms with Gasteiger partial charge in [0.1, 0.15) is 6.10 Å². The van der Waals surface area contributed by atoms with Crippen molar-refractivity contribution in [1.29, 1.82) is 0 Å². The summed E-state index contributed by atoms with van der Waals surface area (Å²) in [4.78, 5) is 12.7. The van der Waals surface area contributed by atoms with Crippen LogP contribution in [0.5, 0.6) is 0 Å². The molecular formula is C40H70O2. The van der Waals surface area contributed by atoms with Gasteiger partial charge in [0.25, 0.3) is 0 Å². The van der Waals surface area contributed by atoms with Crippen LogP contribution in [0, 0.1) is 34.5 Å². The Morgan fingerprint density at radius 2 is 1.36 bits per heavy atom. The molecule has 0 unspecified atom stereocenters. The van der Waals surface area contributed by atoms with Crippen LogP contribution in [0.4, 0.5) is 0 Å². The molecule has 242 valence electrons. The molecule has 2 nitrogen and oxygen atoms in total. The Labute approximate surface area is 262 Å². The number of hydrogen-bond donors (Lipinski definition) is 0. The van der Waals surface area contributed by atoms with Crippen molar-refractivity contribution in [3.8, 4) is 0 Å². The van der Waals surface area contributed by atoms with E-state index in [1.165, 1.54) is 141 Å². The highest BCUT2D eigenvalue weighted by atomic mass is 16.5. The van der Waals surface area contributed by atoms with Gasteiger partial charge in [-0.05, 0) is 92.3 Å². The summed E-state index contributed by atoms with van der Waals surface area (Å²) >= 11 is 0. The normalized spacial score (nSPS) is 33.9. The topological polar surface area (TPSA) is 26.3 Å². The molecular weight excluding hydrogens is 512 g/mol. The van der Waals surface area contributed by atoms with Crippen molar-refractivity contribution < 1.29 is 9.53 Å². The van der Waals surface area contributed by atoms with Crippen LogP contribution in [0.1, 0.15) is 195 Å². The van der Waals surface area contributed by atoms with Gasteiger partial charge in [0.15, 0.2) is 0 Å². The van der Waals surface area contributed by atoms with E-state index in [9.17, 15) is 4.79 Å². The van der Waals surface area contributed by atoms with E-state index in [1.807, 2.05) is 0 Å². The SMILES string of the molecule is CCCCCCCCCCCCC(=O)O[C@H]1CC[C@@]2(C)C(=CC[C@H]3[C@@H]4CC[C@H](CCCCCCCC)[C@@]4(C)CC[C@@H]32)C1. The largest absolute Gasteiger partial charge is 0.462 e. The van der Waals surface area contributed by atoms with Crippen LogP contribution < -0.4 is 0 Å². The zero-order chi connectivity index (χ0) is 29.8. The minimum absolute atomic E-state index is 0.0632. The van der Waals surface area contributed by atoms with E-state index in [2.05, 4.69) is 33.8 Å². The Kier molecular flexibility index (Phi) is 13.8. The molecule has 3 fully saturated rings. The van der Waals surface area contributed by atoms with Crippen LogP contribution in [0.3, 0.4) is 0 Å². The number of esters is 1. The predicted octanol–water partition coefficient (Wildman–Crippen LogP) is 12.5.